The molecule has 1 aliphatic heterocycles. The maximum Gasteiger partial charge on any atom is 0.411 e. The summed E-state index contributed by atoms with van der Waals surface area (Å²) in [6.45, 7) is 3.89. The number of fused-ring (bicyclic) bond motifs is 1. The number of amides is 2. The highest BCUT2D eigenvalue weighted by Crippen LogP contribution is 2.33. The molecule has 45 heavy (non-hydrogen) atoms. The molecule has 0 spiro atoms. The van der Waals surface area contributed by atoms with Crippen LogP contribution in [0, 0.1) is 11.8 Å². The summed E-state index contributed by atoms with van der Waals surface area (Å²) in [6.07, 6.45) is -0.562. The number of carbonyl (C=O) groups excluding carboxylic acids is 2. The van der Waals surface area contributed by atoms with E-state index in [1.165, 1.54) is 0 Å². The molecule has 4 rings (SSSR count). The Kier molecular flexibility index (Phi) is 13.9. The third-order valence-corrected chi connectivity index (χ3v) is 7.48. The van der Waals surface area contributed by atoms with E-state index in [2.05, 4.69) is 33.5 Å². The maximum absolute atomic E-state index is 12.2. The van der Waals surface area contributed by atoms with Crippen LogP contribution in [-0.2, 0) is 30.2 Å². The Balaban J connectivity index is 1.17. The molecule has 0 aromatic heterocycles. The van der Waals surface area contributed by atoms with Crippen molar-refractivity contribution in [1.29, 1.82) is 0 Å². The molecule has 0 atom stereocenters. The number of nitrogens with zero attached hydrogens (tertiary/aromatic N) is 1. The van der Waals surface area contributed by atoms with Crippen LogP contribution in [0.4, 0.5) is 10.5 Å². The first kappa shape index (κ1) is 33.7. The molecule has 0 unspecified atom stereocenters. The second kappa shape index (κ2) is 18.6. The fourth-order valence-corrected chi connectivity index (χ4v) is 5.16. The lowest BCUT2D eigenvalue weighted by Crippen LogP contribution is -2.18. The quantitative estimate of drug-likeness (QED) is 0.171. The van der Waals surface area contributed by atoms with Gasteiger partial charge in [-0.15, -0.1) is 0 Å². The van der Waals surface area contributed by atoms with Crippen LogP contribution < -0.4 is 10.6 Å². The minimum Gasteiger partial charge on any atom is -0.447 e. The van der Waals surface area contributed by atoms with Gasteiger partial charge in [0, 0.05) is 40.8 Å². The molecular formula is C34H37N3O7S. The van der Waals surface area contributed by atoms with Crippen molar-refractivity contribution in [2.24, 2.45) is 4.99 Å². The van der Waals surface area contributed by atoms with E-state index in [9.17, 15) is 9.59 Å². The number of aliphatic imine (C=N–C) groups is 1. The van der Waals surface area contributed by atoms with E-state index in [0.717, 1.165) is 32.2 Å². The number of anilines is 1. The summed E-state index contributed by atoms with van der Waals surface area (Å²) >= 11 is 1.55. The number of hydrogen-bond donors (Lipinski definition) is 2. The Morgan fingerprint density at radius 2 is 1.53 bits per heavy atom. The van der Waals surface area contributed by atoms with Crippen molar-refractivity contribution in [3.8, 4) is 11.8 Å². The maximum atomic E-state index is 12.2. The number of carbonyl (C=O) groups is 2. The summed E-state index contributed by atoms with van der Waals surface area (Å²) in [7, 11) is 3.26. The molecule has 3 aromatic carbocycles. The van der Waals surface area contributed by atoms with E-state index in [0.29, 0.717) is 57.4 Å². The molecule has 0 saturated carbocycles. The van der Waals surface area contributed by atoms with Gasteiger partial charge in [-0.1, -0.05) is 35.9 Å². The summed E-state index contributed by atoms with van der Waals surface area (Å²) in [6, 6.07) is 20.9. The average molecular weight is 632 g/mol. The average Bonchev–Trinajstić information content (AvgIpc) is 3.47. The van der Waals surface area contributed by atoms with Gasteiger partial charge in [-0.2, -0.15) is 0 Å². The van der Waals surface area contributed by atoms with Crippen LogP contribution in [0.25, 0.3) is 0 Å². The first-order valence-corrected chi connectivity index (χ1v) is 15.3. The smallest absolute Gasteiger partial charge is 0.411 e. The molecule has 0 aliphatic carbocycles. The molecule has 236 valence electrons. The SMILES string of the molecule is CNC(=O)c1ccccc1Sc1ccc2c(c1)CN=C2C#Cc1ccc(NC(=O)OCCOCCOCCOCCOC)cc1. The van der Waals surface area contributed by atoms with Crippen molar-refractivity contribution in [3.05, 3.63) is 89.0 Å². The summed E-state index contributed by atoms with van der Waals surface area (Å²) in [5.41, 5.74) is 4.87. The van der Waals surface area contributed by atoms with Crippen molar-refractivity contribution in [2.45, 2.75) is 16.3 Å². The molecule has 11 heteroatoms. The van der Waals surface area contributed by atoms with Crippen LogP contribution in [0.15, 0.2) is 81.5 Å². The van der Waals surface area contributed by atoms with E-state index in [1.54, 1.807) is 38.1 Å². The van der Waals surface area contributed by atoms with E-state index in [1.807, 2.05) is 48.5 Å². The van der Waals surface area contributed by atoms with Crippen LogP contribution in [0.5, 0.6) is 0 Å². The fourth-order valence-electron chi connectivity index (χ4n) is 4.16. The number of hydrogen-bond acceptors (Lipinski definition) is 9. The molecule has 1 aliphatic rings. The molecular weight excluding hydrogens is 594 g/mol. The van der Waals surface area contributed by atoms with Gasteiger partial charge in [0.25, 0.3) is 5.91 Å². The molecule has 1 heterocycles. The van der Waals surface area contributed by atoms with Gasteiger partial charge >= 0.3 is 6.09 Å². The molecule has 2 N–H and O–H groups in total. The molecule has 10 nitrogen and oxygen atoms in total. The topological polar surface area (TPSA) is 117 Å². The Hall–Kier alpha value is -4.18. The van der Waals surface area contributed by atoms with Gasteiger partial charge in [-0.3, -0.25) is 15.1 Å². The van der Waals surface area contributed by atoms with E-state index in [-0.39, 0.29) is 19.1 Å². The second-order valence-electron chi connectivity index (χ2n) is 9.58. The van der Waals surface area contributed by atoms with E-state index >= 15 is 0 Å². The minimum atomic E-state index is -0.562. The van der Waals surface area contributed by atoms with Gasteiger partial charge < -0.3 is 29.0 Å². The zero-order valence-corrected chi connectivity index (χ0v) is 26.2. The number of nitrogens with one attached hydrogen (secondary N) is 2. The van der Waals surface area contributed by atoms with Gasteiger partial charge in [0.15, 0.2) is 0 Å². The predicted octanol–water partition coefficient (Wildman–Crippen LogP) is 4.80. The van der Waals surface area contributed by atoms with Gasteiger partial charge in [0.2, 0.25) is 0 Å². The highest BCUT2D eigenvalue weighted by Gasteiger charge is 2.16. The van der Waals surface area contributed by atoms with E-state index in [4.69, 9.17) is 23.7 Å². The van der Waals surface area contributed by atoms with Gasteiger partial charge in [0.05, 0.1) is 58.4 Å². The summed E-state index contributed by atoms with van der Waals surface area (Å²) in [4.78, 5) is 30.9. The Bertz CT molecular complexity index is 1520. The minimum absolute atomic E-state index is 0.111. The van der Waals surface area contributed by atoms with Crippen LogP contribution in [0.1, 0.15) is 27.0 Å². The summed E-state index contributed by atoms with van der Waals surface area (Å²) in [5, 5.41) is 5.39. The van der Waals surface area contributed by atoms with Gasteiger partial charge in [-0.25, -0.2) is 4.79 Å². The van der Waals surface area contributed by atoms with Crippen LogP contribution in [0.2, 0.25) is 0 Å². The molecule has 0 radical (unpaired) electrons. The van der Waals surface area contributed by atoms with Crippen molar-refractivity contribution >= 4 is 35.2 Å². The number of methoxy groups -OCH3 is 1. The summed E-state index contributed by atoms with van der Waals surface area (Å²) in [5.74, 6) is 6.22. The molecule has 0 saturated heterocycles. The van der Waals surface area contributed by atoms with Crippen molar-refractivity contribution in [1.82, 2.24) is 5.32 Å². The molecule has 2 amide bonds. The van der Waals surface area contributed by atoms with E-state index < -0.39 is 6.09 Å². The third kappa shape index (κ3) is 11.0. The Labute approximate surface area is 267 Å². The van der Waals surface area contributed by atoms with Crippen molar-refractivity contribution in [2.75, 3.05) is 72.3 Å². The van der Waals surface area contributed by atoms with Crippen LogP contribution in [-0.4, -0.2) is 84.7 Å². The normalized spacial score (nSPS) is 11.6. The number of rotatable bonds is 16. The lowest BCUT2D eigenvalue weighted by atomic mass is 10.1. The zero-order chi connectivity index (χ0) is 31.7. The van der Waals surface area contributed by atoms with Gasteiger partial charge in [0.1, 0.15) is 12.3 Å². The zero-order valence-electron chi connectivity index (χ0n) is 25.4. The van der Waals surface area contributed by atoms with Crippen molar-refractivity contribution < 1.29 is 33.3 Å². The van der Waals surface area contributed by atoms with Gasteiger partial charge in [-0.05, 0) is 60.0 Å². The van der Waals surface area contributed by atoms with Crippen molar-refractivity contribution in [3.63, 3.8) is 0 Å². The Morgan fingerprint density at radius 1 is 0.844 bits per heavy atom. The lowest BCUT2D eigenvalue weighted by molar-refractivity contribution is -0.00176. The second-order valence-corrected chi connectivity index (χ2v) is 10.7. The molecule has 0 fully saturated rings. The Morgan fingerprint density at radius 3 is 2.24 bits per heavy atom. The monoisotopic (exact) mass is 631 g/mol. The predicted molar refractivity (Wildman–Crippen MR) is 173 cm³/mol. The highest BCUT2D eigenvalue weighted by molar-refractivity contribution is 7.99. The number of ether oxygens (including phenoxy) is 5. The fraction of sp³-hybridized carbons (Fsp3) is 0.324. The first-order valence-electron chi connectivity index (χ1n) is 14.5. The number of benzene rings is 3. The first-order chi connectivity index (χ1) is 22.1. The van der Waals surface area contributed by atoms with Crippen LogP contribution in [0.3, 0.4) is 0 Å². The largest absolute Gasteiger partial charge is 0.447 e. The highest BCUT2D eigenvalue weighted by atomic mass is 32.2. The third-order valence-electron chi connectivity index (χ3n) is 6.42. The molecule has 3 aromatic rings. The lowest BCUT2D eigenvalue weighted by Gasteiger charge is -2.09. The van der Waals surface area contributed by atoms with Crippen LogP contribution >= 0.6 is 11.8 Å². The standard InChI is InChI=1S/C34H37N3O7S/c1-35-33(38)30-5-3-4-6-32(30)45-28-12-13-29-26(23-28)24-36-31(29)14-9-25-7-10-27(11-8-25)37-34(39)44-22-21-43-20-19-42-18-17-41-16-15-40-2/h3-8,10-13,23H,15-22,24H2,1-2H3,(H,35,38)(H,37,39). The summed E-state index contributed by atoms with van der Waals surface area (Å²) < 4.78 is 26.1. The molecule has 0 bridgehead atoms.